The quantitative estimate of drug-likeness (QED) is 0.830. The number of piperazine rings is 1. The van der Waals surface area contributed by atoms with Gasteiger partial charge in [0.25, 0.3) is 5.91 Å². The van der Waals surface area contributed by atoms with Crippen LogP contribution in [-0.2, 0) is 18.3 Å². The summed E-state index contributed by atoms with van der Waals surface area (Å²) in [7, 11) is 3.54. The summed E-state index contributed by atoms with van der Waals surface area (Å²) in [5.74, 6) is 0.885. The lowest BCUT2D eigenvalue weighted by Gasteiger charge is -2.34. The van der Waals surface area contributed by atoms with E-state index < -0.39 is 0 Å². The molecule has 3 rings (SSSR count). The summed E-state index contributed by atoms with van der Waals surface area (Å²) >= 11 is 0. The van der Waals surface area contributed by atoms with Gasteiger partial charge in [-0.3, -0.25) is 9.59 Å². The minimum Gasteiger partial charge on any atom is -0.496 e. The molecule has 27 heavy (non-hydrogen) atoms. The molecule has 6 nitrogen and oxygen atoms in total. The monoisotopic (exact) mass is 369 g/mol. The third kappa shape index (κ3) is 4.15. The van der Waals surface area contributed by atoms with E-state index in [0.29, 0.717) is 38.2 Å². The lowest BCUT2D eigenvalue weighted by atomic mass is 10.0. The lowest BCUT2D eigenvalue weighted by molar-refractivity contribution is -0.131. The van der Waals surface area contributed by atoms with Gasteiger partial charge in [-0.2, -0.15) is 0 Å². The van der Waals surface area contributed by atoms with Crippen LogP contribution in [0.3, 0.4) is 0 Å². The molecule has 0 spiro atoms. The fourth-order valence-electron chi connectivity index (χ4n) is 3.71. The van der Waals surface area contributed by atoms with Gasteiger partial charge in [-0.05, 0) is 25.5 Å². The second kappa shape index (κ2) is 7.86. The van der Waals surface area contributed by atoms with Gasteiger partial charge in [0.05, 0.1) is 19.1 Å². The zero-order valence-electron chi connectivity index (χ0n) is 16.5. The predicted molar refractivity (Wildman–Crippen MR) is 104 cm³/mol. The van der Waals surface area contributed by atoms with Gasteiger partial charge in [0.2, 0.25) is 5.91 Å². The van der Waals surface area contributed by atoms with Crippen molar-refractivity contribution in [3.8, 4) is 5.75 Å². The molecule has 1 saturated heterocycles. The van der Waals surface area contributed by atoms with E-state index in [1.165, 1.54) is 0 Å². The van der Waals surface area contributed by atoms with Gasteiger partial charge in [0.15, 0.2) is 0 Å². The maximum atomic E-state index is 12.8. The number of amides is 2. The molecule has 1 fully saturated rings. The van der Waals surface area contributed by atoms with Gasteiger partial charge >= 0.3 is 0 Å². The Bertz CT molecular complexity index is 848. The zero-order chi connectivity index (χ0) is 19.6. The van der Waals surface area contributed by atoms with Crippen molar-refractivity contribution >= 4 is 11.8 Å². The molecule has 0 saturated carbocycles. The molecule has 1 aliphatic rings. The number of aryl methyl sites for hydroxylation is 3. The minimum atomic E-state index is 0.0266. The Labute approximate surface area is 160 Å². The first-order valence-corrected chi connectivity index (χ1v) is 9.22. The summed E-state index contributed by atoms with van der Waals surface area (Å²) in [4.78, 5) is 29.0. The van der Waals surface area contributed by atoms with Crippen molar-refractivity contribution in [2.75, 3.05) is 33.3 Å². The van der Waals surface area contributed by atoms with Crippen LogP contribution in [0, 0.1) is 13.8 Å². The van der Waals surface area contributed by atoms with Crippen molar-refractivity contribution < 1.29 is 14.3 Å². The Morgan fingerprint density at radius 1 is 1.07 bits per heavy atom. The maximum absolute atomic E-state index is 12.8. The van der Waals surface area contributed by atoms with Crippen LogP contribution in [0.4, 0.5) is 0 Å². The minimum absolute atomic E-state index is 0.0266. The molecule has 2 heterocycles. The smallest absolute Gasteiger partial charge is 0.255 e. The Balaban J connectivity index is 1.61. The number of hydrogen-bond acceptors (Lipinski definition) is 3. The highest BCUT2D eigenvalue weighted by molar-refractivity contribution is 5.94. The van der Waals surface area contributed by atoms with E-state index in [4.69, 9.17) is 4.74 Å². The van der Waals surface area contributed by atoms with Crippen LogP contribution >= 0.6 is 0 Å². The van der Waals surface area contributed by atoms with Crippen LogP contribution < -0.4 is 4.74 Å². The molecule has 0 unspecified atom stereocenters. The Kier molecular flexibility index (Phi) is 5.54. The number of carbonyl (C=O) groups excluding carboxylic acids is 2. The number of methoxy groups -OCH3 is 1. The van der Waals surface area contributed by atoms with E-state index in [9.17, 15) is 9.59 Å². The first-order valence-electron chi connectivity index (χ1n) is 9.22. The predicted octanol–water partition coefficient (Wildman–Crippen LogP) is 2.18. The summed E-state index contributed by atoms with van der Waals surface area (Å²) in [6, 6.07) is 5.89. The number of carbonyl (C=O) groups is 2. The first kappa shape index (κ1) is 19.0. The molecule has 0 bridgehead atoms. The van der Waals surface area contributed by atoms with Gasteiger partial charge in [-0.15, -0.1) is 0 Å². The summed E-state index contributed by atoms with van der Waals surface area (Å²) in [6.07, 6.45) is 4.01. The molecule has 0 atom stereocenters. The average Bonchev–Trinajstić information content (AvgIpc) is 3.07. The third-order valence-electron chi connectivity index (χ3n) is 5.04. The van der Waals surface area contributed by atoms with E-state index in [2.05, 4.69) is 6.07 Å². The molecule has 2 amide bonds. The van der Waals surface area contributed by atoms with E-state index in [1.54, 1.807) is 7.11 Å². The van der Waals surface area contributed by atoms with E-state index in [-0.39, 0.29) is 11.8 Å². The second-order valence-corrected chi connectivity index (χ2v) is 7.19. The van der Waals surface area contributed by atoms with Crippen molar-refractivity contribution in [2.24, 2.45) is 7.05 Å². The number of benzene rings is 1. The van der Waals surface area contributed by atoms with Crippen molar-refractivity contribution in [1.29, 1.82) is 0 Å². The fraction of sp³-hybridized carbons (Fsp3) is 0.429. The van der Waals surface area contributed by atoms with Gasteiger partial charge in [-0.25, -0.2) is 0 Å². The highest BCUT2D eigenvalue weighted by Crippen LogP contribution is 2.26. The second-order valence-electron chi connectivity index (χ2n) is 7.19. The molecule has 1 aromatic carbocycles. The van der Waals surface area contributed by atoms with Crippen molar-refractivity contribution in [3.05, 3.63) is 52.8 Å². The lowest BCUT2D eigenvalue weighted by Crippen LogP contribution is -2.51. The largest absolute Gasteiger partial charge is 0.496 e. The van der Waals surface area contributed by atoms with E-state index >= 15 is 0 Å². The summed E-state index contributed by atoms with van der Waals surface area (Å²) in [5.41, 5.74) is 3.77. The standard InChI is InChI=1S/C21H27N3O3/c1-15-11-16(2)20(27-4)18(12-15)13-19(25)23-7-9-24(10-8-23)21(26)17-5-6-22(3)14-17/h5-6,11-12,14H,7-10,13H2,1-4H3. The fourth-order valence-corrected chi connectivity index (χ4v) is 3.71. The summed E-state index contributed by atoms with van der Waals surface area (Å²) < 4.78 is 7.36. The SMILES string of the molecule is COc1c(C)cc(C)cc1CC(=O)N1CCN(C(=O)c2ccn(C)c2)CC1. The van der Waals surface area contributed by atoms with Gasteiger partial charge in [0.1, 0.15) is 5.75 Å². The van der Waals surface area contributed by atoms with E-state index in [1.807, 2.05) is 59.8 Å². The number of rotatable bonds is 4. The molecular weight excluding hydrogens is 342 g/mol. The van der Waals surface area contributed by atoms with Crippen molar-refractivity contribution in [1.82, 2.24) is 14.4 Å². The molecule has 0 aliphatic carbocycles. The molecule has 2 aromatic rings. The van der Waals surface area contributed by atoms with Crippen molar-refractivity contribution in [2.45, 2.75) is 20.3 Å². The molecule has 6 heteroatoms. The molecule has 1 aliphatic heterocycles. The zero-order valence-corrected chi connectivity index (χ0v) is 16.5. The topological polar surface area (TPSA) is 54.8 Å². The third-order valence-corrected chi connectivity index (χ3v) is 5.04. The number of aromatic nitrogens is 1. The number of hydrogen-bond donors (Lipinski definition) is 0. The number of ether oxygens (including phenoxy) is 1. The summed E-state index contributed by atoms with van der Waals surface area (Å²) in [6.45, 7) is 6.25. The Hall–Kier alpha value is -2.76. The molecule has 0 N–H and O–H groups in total. The highest BCUT2D eigenvalue weighted by Gasteiger charge is 2.26. The van der Waals surface area contributed by atoms with E-state index in [0.717, 1.165) is 22.4 Å². The molecule has 0 radical (unpaired) electrons. The van der Waals surface area contributed by atoms with Gasteiger partial charge in [-0.1, -0.05) is 17.7 Å². The van der Waals surface area contributed by atoms with Crippen LogP contribution in [0.25, 0.3) is 0 Å². The first-order chi connectivity index (χ1) is 12.9. The van der Waals surface area contributed by atoms with Crippen LogP contribution in [0.1, 0.15) is 27.0 Å². The Morgan fingerprint density at radius 2 is 1.74 bits per heavy atom. The van der Waals surface area contributed by atoms with Gasteiger partial charge < -0.3 is 19.1 Å². The average molecular weight is 369 g/mol. The normalized spacial score (nSPS) is 14.4. The summed E-state index contributed by atoms with van der Waals surface area (Å²) in [5, 5.41) is 0. The molecular formula is C21H27N3O3. The van der Waals surface area contributed by atoms with Crippen LogP contribution in [0.2, 0.25) is 0 Å². The maximum Gasteiger partial charge on any atom is 0.255 e. The van der Waals surface area contributed by atoms with Crippen LogP contribution in [0.15, 0.2) is 30.6 Å². The van der Waals surface area contributed by atoms with Gasteiger partial charge in [0, 0.05) is 51.2 Å². The van der Waals surface area contributed by atoms with Crippen molar-refractivity contribution in [3.63, 3.8) is 0 Å². The Morgan fingerprint density at radius 3 is 2.33 bits per heavy atom. The molecule has 1 aromatic heterocycles. The van der Waals surface area contributed by atoms with Crippen LogP contribution in [-0.4, -0.2) is 59.5 Å². The number of nitrogens with zero attached hydrogens (tertiary/aromatic N) is 3. The molecule has 144 valence electrons. The van der Waals surface area contributed by atoms with Crippen LogP contribution in [0.5, 0.6) is 5.75 Å². The highest BCUT2D eigenvalue weighted by atomic mass is 16.5.